The van der Waals surface area contributed by atoms with Crippen LogP contribution in [0.3, 0.4) is 0 Å². The van der Waals surface area contributed by atoms with Crippen molar-refractivity contribution in [1.82, 2.24) is 4.98 Å². The first-order valence-corrected chi connectivity index (χ1v) is 6.14. The number of pyridine rings is 1. The summed E-state index contributed by atoms with van der Waals surface area (Å²) in [6, 6.07) is 7.20. The van der Waals surface area contributed by atoms with Crippen LogP contribution in [0.1, 0.15) is 4.88 Å². The van der Waals surface area contributed by atoms with Crippen molar-refractivity contribution in [2.75, 3.05) is 5.32 Å². The zero-order valence-corrected chi connectivity index (χ0v) is 10.3. The van der Waals surface area contributed by atoms with Crippen LogP contribution in [0.2, 0.25) is 5.02 Å². The number of hydrogen-bond donors (Lipinski definition) is 1. The lowest BCUT2D eigenvalue weighted by Gasteiger charge is -1.99. The van der Waals surface area contributed by atoms with Crippen molar-refractivity contribution in [3.05, 3.63) is 51.8 Å². The topological polar surface area (TPSA) is 42.0 Å². The van der Waals surface area contributed by atoms with Gasteiger partial charge in [-0.15, -0.1) is 11.3 Å². The van der Waals surface area contributed by atoms with Crippen molar-refractivity contribution in [2.24, 2.45) is 0 Å². The lowest BCUT2D eigenvalue weighted by atomic mass is 10.4. The molecule has 1 amide bonds. The van der Waals surface area contributed by atoms with Crippen LogP contribution in [-0.4, -0.2) is 10.9 Å². The molecule has 0 saturated heterocycles. The normalized spacial score (nSPS) is 10.6. The number of hydrogen-bond acceptors (Lipinski definition) is 3. The largest absolute Gasteiger partial charge is 0.307 e. The summed E-state index contributed by atoms with van der Waals surface area (Å²) in [5.41, 5.74) is 0. The van der Waals surface area contributed by atoms with Crippen LogP contribution in [0.25, 0.3) is 6.08 Å². The highest BCUT2D eigenvalue weighted by molar-refractivity contribution is 7.10. The van der Waals surface area contributed by atoms with Gasteiger partial charge in [0.1, 0.15) is 5.82 Å². The molecule has 0 bridgehead atoms. The summed E-state index contributed by atoms with van der Waals surface area (Å²) in [7, 11) is 0. The van der Waals surface area contributed by atoms with Gasteiger partial charge in [0.25, 0.3) is 0 Å². The molecule has 2 aromatic rings. The number of rotatable bonds is 3. The molecule has 17 heavy (non-hydrogen) atoms. The van der Waals surface area contributed by atoms with E-state index in [2.05, 4.69) is 10.3 Å². The van der Waals surface area contributed by atoms with Crippen LogP contribution in [0.15, 0.2) is 41.9 Å². The summed E-state index contributed by atoms with van der Waals surface area (Å²) >= 11 is 7.26. The molecule has 0 unspecified atom stereocenters. The average molecular weight is 265 g/mol. The van der Waals surface area contributed by atoms with Gasteiger partial charge in [-0.05, 0) is 29.7 Å². The predicted octanol–water partition coefficient (Wildman–Crippen LogP) is 3.45. The maximum absolute atomic E-state index is 11.5. The van der Waals surface area contributed by atoms with Crippen molar-refractivity contribution in [2.45, 2.75) is 0 Å². The molecule has 0 spiro atoms. The molecule has 2 aromatic heterocycles. The van der Waals surface area contributed by atoms with Gasteiger partial charge in [0.2, 0.25) is 5.91 Å². The summed E-state index contributed by atoms with van der Waals surface area (Å²) in [6.45, 7) is 0. The summed E-state index contributed by atoms with van der Waals surface area (Å²) in [4.78, 5) is 16.5. The molecule has 0 saturated carbocycles. The molecule has 0 radical (unpaired) electrons. The molecule has 1 N–H and O–H groups in total. The van der Waals surface area contributed by atoms with Gasteiger partial charge in [0.15, 0.2) is 0 Å². The van der Waals surface area contributed by atoms with Crippen molar-refractivity contribution in [3.8, 4) is 0 Å². The fraction of sp³-hybridized carbons (Fsp3) is 0. The Morgan fingerprint density at radius 1 is 1.41 bits per heavy atom. The van der Waals surface area contributed by atoms with Crippen LogP contribution in [0, 0.1) is 0 Å². The summed E-state index contributed by atoms with van der Waals surface area (Å²) in [6.07, 6.45) is 4.72. The lowest BCUT2D eigenvalue weighted by Crippen LogP contribution is -2.08. The number of carbonyl (C=O) groups is 1. The molecule has 0 aliphatic heterocycles. The highest BCUT2D eigenvalue weighted by atomic mass is 35.5. The second-order valence-electron chi connectivity index (χ2n) is 3.20. The van der Waals surface area contributed by atoms with E-state index in [1.54, 1.807) is 29.5 Å². The number of nitrogens with one attached hydrogen (secondary N) is 1. The van der Waals surface area contributed by atoms with Crippen molar-refractivity contribution in [1.29, 1.82) is 0 Å². The SMILES string of the molecule is O=C(C=Cc1cccs1)Nc1ccc(Cl)cn1. The average Bonchev–Trinajstić information content (AvgIpc) is 2.83. The van der Waals surface area contributed by atoms with E-state index in [1.807, 2.05) is 17.5 Å². The van der Waals surface area contributed by atoms with Crippen molar-refractivity contribution in [3.63, 3.8) is 0 Å². The highest BCUT2D eigenvalue weighted by Gasteiger charge is 1.98. The fourth-order valence-corrected chi connectivity index (χ4v) is 1.89. The molecule has 5 heteroatoms. The third kappa shape index (κ3) is 3.69. The van der Waals surface area contributed by atoms with Gasteiger partial charge in [-0.3, -0.25) is 4.79 Å². The molecule has 2 rings (SSSR count). The minimum Gasteiger partial charge on any atom is -0.307 e. The number of amides is 1. The van der Waals surface area contributed by atoms with Gasteiger partial charge in [0.05, 0.1) is 5.02 Å². The van der Waals surface area contributed by atoms with Crippen LogP contribution in [-0.2, 0) is 4.79 Å². The van der Waals surface area contributed by atoms with E-state index in [1.165, 1.54) is 12.3 Å². The summed E-state index contributed by atoms with van der Waals surface area (Å²) in [5, 5.41) is 5.14. The third-order valence-corrected chi connectivity index (χ3v) is 2.98. The Balaban J connectivity index is 1.95. The van der Waals surface area contributed by atoms with Gasteiger partial charge in [0, 0.05) is 17.2 Å². The minimum atomic E-state index is -0.215. The standard InChI is InChI=1S/C12H9ClN2OS/c13-9-3-5-11(14-8-9)15-12(16)6-4-10-2-1-7-17-10/h1-8H,(H,14,15,16). The summed E-state index contributed by atoms with van der Waals surface area (Å²) in [5.74, 6) is 0.267. The first-order chi connectivity index (χ1) is 8.24. The van der Waals surface area contributed by atoms with Gasteiger partial charge >= 0.3 is 0 Å². The van der Waals surface area contributed by atoms with Crippen LogP contribution in [0.5, 0.6) is 0 Å². The molecule has 0 fully saturated rings. The number of halogens is 1. The number of carbonyl (C=O) groups excluding carboxylic acids is 1. The molecular formula is C12H9ClN2OS. The number of aromatic nitrogens is 1. The Morgan fingerprint density at radius 3 is 2.94 bits per heavy atom. The van der Waals surface area contributed by atoms with Crippen LogP contribution < -0.4 is 5.32 Å². The highest BCUT2D eigenvalue weighted by Crippen LogP contribution is 2.11. The monoisotopic (exact) mass is 264 g/mol. The Bertz CT molecular complexity index is 520. The number of thiophene rings is 1. The third-order valence-electron chi connectivity index (χ3n) is 1.92. The lowest BCUT2D eigenvalue weighted by molar-refractivity contribution is -0.111. The first kappa shape index (κ1) is 11.8. The van der Waals surface area contributed by atoms with Gasteiger partial charge in [-0.1, -0.05) is 17.7 Å². The maximum atomic E-state index is 11.5. The molecule has 0 aliphatic rings. The Kier molecular flexibility index (Phi) is 3.90. The predicted molar refractivity (Wildman–Crippen MR) is 71.2 cm³/mol. The van der Waals surface area contributed by atoms with Crippen LogP contribution in [0.4, 0.5) is 5.82 Å². The zero-order chi connectivity index (χ0) is 12.1. The molecular weight excluding hydrogens is 256 g/mol. The van der Waals surface area contributed by atoms with Crippen molar-refractivity contribution < 1.29 is 4.79 Å². The first-order valence-electron chi connectivity index (χ1n) is 4.88. The smallest absolute Gasteiger partial charge is 0.249 e. The quantitative estimate of drug-likeness (QED) is 0.863. The molecule has 0 atom stereocenters. The summed E-state index contributed by atoms with van der Waals surface area (Å²) < 4.78 is 0. The van der Waals surface area contributed by atoms with E-state index >= 15 is 0 Å². The second kappa shape index (κ2) is 5.61. The Morgan fingerprint density at radius 2 is 2.29 bits per heavy atom. The molecule has 0 aliphatic carbocycles. The minimum absolute atomic E-state index is 0.215. The maximum Gasteiger partial charge on any atom is 0.249 e. The zero-order valence-electron chi connectivity index (χ0n) is 8.76. The Hall–Kier alpha value is -1.65. The molecule has 86 valence electrons. The van der Waals surface area contributed by atoms with E-state index in [4.69, 9.17) is 11.6 Å². The van der Waals surface area contributed by atoms with Gasteiger partial charge in [-0.2, -0.15) is 0 Å². The number of anilines is 1. The van der Waals surface area contributed by atoms with Crippen molar-refractivity contribution >= 4 is 40.7 Å². The van der Waals surface area contributed by atoms with Crippen LogP contribution >= 0.6 is 22.9 Å². The van der Waals surface area contributed by atoms with E-state index in [0.29, 0.717) is 10.8 Å². The number of nitrogens with zero attached hydrogens (tertiary/aromatic N) is 1. The van der Waals surface area contributed by atoms with E-state index < -0.39 is 0 Å². The van der Waals surface area contributed by atoms with E-state index in [-0.39, 0.29) is 5.91 Å². The van der Waals surface area contributed by atoms with E-state index in [9.17, 15) is 4.79 Å². The molecule has 2 heterocycles. The van der Waals surface area contributed by atoms with Gasteiger partial charge in [-0.25, -0.2) is 4.98 Å². The fourth-order valence-electron chi connectivity index (χ4n) is 1.16. The Labute approximate surface area is 108 Å². The van der Waals surface area contributed by atoms with E-state index in [0.717, 1.165) is 4.88 Å². The second-order valence-corrected chi connectivity index (χ2v) is 4.62. The van der Waals surface area contributed by atoms with Gasteiger partial charge < -0.3 is 5.32 Å². The molecule has 0 aromatic carbocycles. The molecule has 3 nitrogen and oxygen atoms in total.